The van der Waals surface area contributed by atoms with Crippen LogP contribution in [0.5, 0.6) is 11.7 Å². The summed E-state index contributed by atoms with van der Waals surface area (Å²) in [5, 5.41) is 0. The molecule has 2 aromatic heterocycles. The summed E-state index contributed by atoms with van der Waals surface area (Å²) in [7, 11) is 0. The van der Waals surface area contributed by atoms with Crippen molar-refractivity contribution in [2.45, 2.75) is 6.92 Å². The molecular weight excluding hydrogens is 360 g/mol. The second-order valence-corrected chi connectivity index (χ2v) is 6.60. The molecule has 2 amide bonds. The van der Waals surface area contributed by atoms with E-state index < -0.39 is 0 Å². The molecule has 28 heavy (non-hydrogen) atoms. The van der Waals surface area contributed by atoms with Gasteiger partial charge in [0.2, 0.25) is 0 Å². The van der Waals surface area contributed by atoms with E-state index in [4.69, 9.17) is 13.6 Å². The van der Waals surface area contributed by atoms with E-state index in [1.807, 2.05) is 31.2 Å². The zero-order chi connectivity index (χ0) is 19.5. The molecule has 0 N–H and O–H groups in total. The highest BCUT2D eigenvalue weighted by Gasteiger charge is 2.28. The lowest BCUT2D eigenvalue weighted by Gasteiger charge is -2.33. The molecule has 1 fully saturated rings. The van der Waals surface area contributed by atoms with Crippen molar-refractivity contribution in [3.05, 3.63) is 71.9 Å². The molecule has 144 valence electrons. The number of furan rings is 2. The Morgan fingerprint density at radius 3 is 2.11 bits per heavy atom. The Labute approximate surface area is 162 Å². The first kappa shape index (κ1) is 17.9. The third kappa shape index (κ3) is 3.78. The topological polar surface area (TPSA) is 76.1 Å². The Morgan fingerprint density at radius 1 is 0.857 bits per heavy atom. The molecule has 1 aliphatic heterocycles. The van der Waals surface area contributed by atoms with Gasteiger partial charge in [-0.25, -0.2) is 0 Å². The molecule has 4 rings (SSSR count). The quantitative estimate of drug-likeness (QED) is 0.692. The third-order valence-electron chi connectivity index (χ3n) is 4.62. The van der Waals surface area contributed by atoms with Crippen LogP contribution in [0.1, 0.15) is 26.7 Å². The summed E-state index contributed by atoms with van der Waals surface area (Å²) in [6.07, 6.45) is 1.47. The molecule has 3 heterocycles. The van der Waals surface area contributed by atoms with Crippen molar-refractivity contribution in [2.75, 3.05) is 26.2 Å². The molecular formula is C21H20N2O5. The number of rotatable bonds is 4. The number of carbonyl (C=O) groups excluding carboxylic acids is 2. The lowest BCUT2D eigenvalue weighted by Crippen LogP contribution is -2.50. The summed E-state index contributed by atoms with van der Waals surface area (Å²) in [6, 6.07) is 14.1. The fraction of sp³-hybridized carbons (Fsp3) is 0.238. The first-order chi connectivity index (χ1) is 13.6. The van der Waals surface area contributed by atoms with Crippen molar-refractivity contribution in [2.24, 2.45) is 0 Å². The predicted octanol–water partition coefficient (Wildman–Crippen LogP) is 3.57. The SMILES string of the molecule is Cc1ccc(Oc2ccc(C(=O)N3CCN(C(=O)c4ccco4)CC3)o2)cc1. The van der Waals surface area contributed by atoms with Crippen molar-refractivity contribution < 1.29 is 23.2 Å². The largest absolute Gasteiger partial charge is 0.459 e. The van der Waals surface area contributed by atoms with Crippen LogP contribution >= 0.6 is 0 Å². The number of carbonyl (C=O) groups is 2. The molecule has 0 spiro atoms. The molecule has 0 atom stereocenters. The van der Waals surface area contributed by atoms with Crippen LogP contribution < -0.4 is 4.74 Å². The van der Waals surface area contributed by atoms with Crippen LogP contribution in [0.4, 0.5) is 0 Å². The monoisotopic (exact) mass is 380 g/mol. The highest BCUT2D eigenvalue weighted by atomic mass is 16.6. The lowest BCUT2D eigenvalue weighted by molar-refractivity contribution is 0.0500. The number of hydrogen-bond donors (Lipinski definition) is 0. The second-order valence-electron chi connectivity index (χ2n) is 6.60. The standard InChI is InChI=1S/C21H20N2O5/c1-15-4-6-16(7-5-15)27-19-9-8-18(28-19)21(25)23-12-10-22(11-13-23)20(24)17-3-2-14-26-17/h2-9,14H,10-13H2,1H3. The minimum absolute atomic E-state index is 0.163. The van der Waals surface area contributed by atoms with Gasteiger partial charge in [0.05, 0.1) is 6.26 Å². The van der Waals surface area contributed by atoms with Crippen molar-refractivity contribution in [3.8, 4) is 11.7 Å². The van der Waals surface area contributed by atoms with E-state index in [-0.39, 0.29) is 23.5 Å². The van der Waals surface area contributed by atoms with E-state index in [9.17, 15) is 9.59 Å². The van der Waals surface area contributed by atoms with Crippen molar-refractivity contribution in [1.29, 1.82) is 0 Å². The Hall–Kier alpha value is -3.48. The Kier molecular flexibility index (Phi) is 4.89. The average molecular weight is 380 g/mol. The van der Waals surface area contributed by atoms with Crippen LogP contribution in [0.2, 0.25) is 0 Å². The molecule has 0 unspecified atom stereocenters. The summed E-state index contributed by atoms with van der Waals surface area (Å²) in [6.45, 7) is 3.74. The summed E-state index contributed by atoms with van der Waals surface area (Å²) in [5.74, 6) is 1.05. The zero-order valence-corrected chi connectivity index (χ0v) is 15.5. The number of piperazine rings is 1. The van der Waals surface area contributed by atoms with Gasteiger partial charge in [-0.2, -0.15) is 0 Å². The lowest BCUT2D eigenvalue weighted by atomic mass is 10.2. The van der Waals surface area contributed by atoms with E-state index in [1.165, 1.54) is 6.26 Å². The van der Waals surface area contributed by atoms with Crippen molar-refractivity contribution >= 4 is 11.8 Å². The van der Waals surface area contributed by atoms with Crippen LogP contribution in [0, 0.1) is 6.92 Å². The summed E-state index contributed by atoms with van der Waals surface area (Å²) >= 11 is 0. The smallest absolute Gasteiger partial charge is 0.290 e. The third-order valence-corrected chi connectivity index (χ3v) is 4.62. The normalized spacial score (nSPS) is 14.2. The van der Waals surface area contributed by atoms with E-state index in [2.05, 4.69) is 0 Å². The first-order valence-electron chi connectivity index (χ1n) is 9.06. The zero-order valence-electron chi connectivity index (χ0n) is 15.5. The molecule has 0 radical (unpaired) electrons. The number of aryl methyl sites for hydroxylation is 1. The van der Waals surface area contributed by atoms with Crippen LogP contribution in [0.15, 0.2) is 63.6 Å². The van der Waals surface area contributed by atoms with Gasteiger partial charge in [-0.05, 0) is 37.3 Å². The summed E-state index contributed by atoms with van der Waals surface area (Å²) in [5.41, 5.74) is 1.13. The van der Waals surface area contributed by atoms with Gasteiger partial charge in [0, 0.05) is 32.2 Å². The second kappa shape index (κ2) is 7.64. The van der Waals surface area contributed by atoms with E-state index in [0.29, 0.717) is 37.7 Å². The molecule has 7 heteroatoms. The fourth-order valence-corrected chi connectivity index (χ4v) is 3.04. The predicted molar refractivity (Wildman–Crippen MR) is 100 cm³/mol. The maximum absolute atomic E-state index is 12.7. The molecule has 1 aromatic carbocycles. The highest BCUT2D eigenvalue weighted by Crippen LogP contribution is 2.25. The minimum Gasteiger partial charge on any atom is -0.459 e. The minimum atomic E-state index is -0.219. The summed E-state index contributed by atoms with van der Waals surface area (Å²) < 4.78 is 16.3. The van der Waals surface area contributed by atoms with Crippen LogP contribution in [-0.2, 0) is 0 Å². The van der Waals surface area contributed by atoms with Crippen LogP contribution in [0.3, 0.4) is 0 Å². The highest BCUT2D eigenvalue weighted by molar-refractivity contribution is 5.93. The van der Waals surface area contributed by atoms with Crippen molar-refractivity contribution in [1.82, 2.24) is 9.80 Å². The molecule has 7 nitrogen and oxygen atoms in total. The number of amides is 2. The molecule has 3 aromatic rings. The Bertz CT molecular complexity index is 951. The Morgan fingerprint density at radius 2 is 1.50 bits per heavy atom. The van der Waals surface area contributed by atoms with Crippen LogP contribution in [0.25, 0.3) is 0 Å². The molecule has 0 saturated carbocycles. The van der Waals surface area contributed by atoms with E-state index in [0.717, 1.165) is 5.56 Å². The number of ether oxygens (including phenoxy) is 1. The van der Waals surface area contributed by atoms with Gasteiger partial charge in [0.25, 0.3) is 17.8 Å². The molecule has 1 saturated heterocycles. The number of nitrogens with zero attached hydrogens (tertiary/aromatic N) is 2. The van der Waals surface area contributed by atoms with Gasteiger partial charge in [0.1, 0.15) is 5.75 Å². The number of hydrogen-bond acceptors (Lipinski definition) is 5. The molecule has 0 bridgehead atoms. The van der Waals surface area contributed by atoms with Crippen molar-refractivity contribution in [3.63, 3.8) is 0 Å². The van der Waals surface area contributed by atoms with Crippen LogP contribution in [-0.4, -0.2) is 47.8 Å². The van der Waals surface area contributed by atoms with Gasteiger partial charge >= 0.3 is 0 Å². The van der Waals surface area contributed by atoms with Gasteiger partial charge in [-0.15, -0.1) is 0 Å². The van der Waals surface area contributed by atoms with Gasteiger partial charge in [-0.1, -0.05) is 17.7 Å². The van der Waals surface area contributed by atoms with E-state index >= 15 is 0 Å². The maximum Gasteiger partial charge on any atom is 0.290 e. The van der Waals surface area contributed by atoms with Gasteiger partial charge < -0.3 is 23.4 Å². The van der Waals surface area contributed by atoms with Gasteiger partial charge in [0.15, 0.2) is 11.5 Å². The number of benzene rings is 1. The van der Waals surface area contributed by atoms with E-state index in [1.54, 1.807) is 34.1 Å². The maximum atomic E-state index is 12.7. The Balaban J connectivity index is 1.35. The summed E-state index contributed by atoms with van der Waals surface area (Å²) in [4.78, 5) is 28.3. The molecule has 1 aliphatic rings. The first-order valence-corrected chi connectivity index (χ1v) is 9.06. The molecule has 0 aliphatic carbocycles. The van der Waals surface area contributed by atoms with Gasteiger partial charge in [-0.3, -0.25) is 9.59 Å². The average Bonchev–Trinajstić information content (AvgIpc) is 3.41. The fourth-order valence-electron chi connectivity index (χ4n) is 3.04.